The predicted molar refractivity (Wildman–Crippen MR) is 113 cm³/mol. The van der Waals surface area contributed by atoms with Gasteiger partial charge in [-0.15, -0.1) is 0 Å². The monoisotopic (exact) mass is 440 g/mol. The van der Waals surface area contributed by atoms with Gasteiger partial charge in [0.05, 0.1) is 23.0 Å². The van der Waals surface area contributed by atoms with Gasteiger partial charge in [0, 0.05) is 37.4 Å². The van der Waals surface area contributed by atoms with Gasteiger partial charge >= 0.3 is 0 Å². The molecular formula is C22H18F2N4O2S. The molecule has 0 aliphatic carbocycles. The van der Waals surface area contributed by atoms with Crippen molar-refractivity contribution in [3.8, 4) is 11.8 Å². The van der Waals surface area contributed by atoms with Crippen LogP contribution in [0.25, 0.3) is 0 Å². The molecule has 0 saturated carbocycles. The van der Waals surface area contributed by atoms with Crippen LogP contribution in [0.5, 0.6) is 5.75 Å². The summed E-state index contributed by atoms with van der Waals surface area (Å²) in [6.07, 6.45) is 1.04. The molecule has 1 N–H and O–H groups in total. The minimum Gasteiger partial charge on any atom is -0.487 e. The van der Waals surface area contributed by atoms with Crippen molar-refractivity contribution in [3.63, 3.8) is 0 Å². The smallest absolute Gasteiger partial charge is 0.275 e. The standard InChI is InChI=1S/C22H18F2N4O2S/c23-15-2-4-21(17(24)12-15)30-16-5-8-28(9-6-16)20-3-1-14(13-25)11-19(20)26-22(29)18-7-10-31-27-18/h1-4,7,10-12,16H,5-6,8-9H2,(H,26,29). The molecule has 1 saturated heterocycles. The number of anilines is 2. The van der Waals surface area contributed by atoms with Gasteiger partial charge in [0.2, 0.25) is 0 Å². The van der Waals surface area contributed by atoms with E-state index in [4.69, 9.17) is 4.74 Å². The highest BCUT2D eigenvalue weighted by atomic mass is 32.1. The Morgan fingerprint density at radius 1 is 1.19 bits per heavy atom. The summed E-state index contributed by atoms with van der Waals surface area (Å²) in [5.74, 6) is -1.67. The van der Waals surface area contributed by atoms with Gasteiger partial charge in [-0.2, -0.15) is 9.64 Å². The summed E-state index contributed by atoms with van der Waals surface area (Å²) in [6, 6.07) is 12.1. The van der Waals surface area contributed by atoms with Gasteiger partial charge in [-0.05, 0) is 47.9 Å². The van der Waals surface area contributed by atoms with Gasteiger partial charge in [0.15, 0.2) is 11.6 Å². The summed E-state index contributed by atoms with van der Waals surface area (Å²) in [5.41, 5.74) is 2.06. The molecule has 1 fully saturated rings. The second kappa shape index (κ2) is 9.10. The van der Waals surface area contributed by atoms with Crippen LogP contribution < -0.4 is 15.0 Å². The van der Waals surface area contributed by atoms with E-state index in [0.717, 1.165) is 11.8 Å². The third-order valence-corrected chi connectivity index (χ3v) is 5.57. The Hall–Kier alpha value is -3.51. The summed E-state index contributed by atoms with van der Waals surface area (Å²) < 4.78 is 36.7. The van der Waals surface area contributed by atoms with Crippen LogP contribution in [-0.4, -0.2) is 29.5 Å². The zero-order valence-electron chi connectivity index (χ0n) is 16.3. The molecule has 3 aromatic rings. The van der Waals surface area contributed by atoms with E-state index >= 15 is 0 Å². The number of hydrogen-bond donors (Lipinski definition) is 1. The number of hydrogen-bond acceptors (Lipinski definition) is 6. The molecule has 0 radical (unpaired) electrons. The fraction of sp³-hybridized carbons (Fsp3) is 0.227. The van der Waals surface area contributed by atoms with Crippen molar-refractivity contribution in [1.29, 1.82) is 5.26 Å². The molecular weight excluding hydrogens is 422 g/mol. The first-order valence-corrected chi connectivity index (χ1v) is 10.5. The van der Waals surface area contributed by atoms with Gasteiger partial charge in [-0.1, -0.05) is 0 Å². The van der Waals surface area contributed by atoms with Crippen molar-refractivity contribution in [1.82, 2.24) is 4.37 Å². The first kappa shape index (κ1) is 20.8. The van der Waals surface area contributed by atoms with E-state index < -0.39 is 11.6 Å². The Kier molecular flexibility index (Phi) is 6.09. The van der Waals surface area contributed by atoms with Crippen molar-refractivity contribution >= 4 is 28.8 Å². The number of carbonyl (C=O) groups is 1. The molecule has 1 aromatic heterocycles. The topological polar surface area (TPSA) is 78.3 Å². The zero-order valence-corrected chi connectivity index (χ0v) is 17.2. The van der Waals surface area contributed by atoms with Crippen LogP contribution in [0.2, 0.25) is 0 Å². The van der Waals surface area contributed by atoms with Gasteiger partial charge in [0.25, 0.3) is 5.91 Å². The average molecular weight is 440 g/mol. The molecule has 9 heteroatoms. The number of carbonyl (C=O) groups excluding carboxylic acids is 1. The van der Waals surface area contributed by atoms with Crippen LogP contribution in [0.3, 0.4) is 0 Å². The fourth-order valence-corrected chi connectivity index (χ4v) is 3.97. The number of ether oxygens (including phenoxy) is 1. The van der Waals surface area contributed by atoms with E-state index in [1.54, 1.807) is 29.6 Å². The molecule has 0 unspecified atom stereocenters. The van der Waals surface area contributed by atoms with Crippen LogP contribution in [0, 0.1) is 23.0 Å². The summed E-state index contributed by atoms with van der Waals surface area (Å²) in [6.45, 7) is 1.22. The maximum Gasteiger partial charge on any atom is 0.275 e. The second-order valence-corrected chi connectivity index (χ2v) is 7.73. The van der Waals surface area contributed by atoms with Crippen LogP contribution in [-0.2, 0) is 0 Å². The molecule has 1 aliphatic heterocycles. The molecule has 2 aromatic carbocycles. The predicted octanol–water partition coefficient (Wildman–Crippen LogP) is 4.59. The number of aromatic nitrogens is 1. The first-order valence-electron chi connectivity index (χ1n) is 9.66. The van der Waals surface area contributed by atoms with Crippen molar-refractivity contribution < 1.29 is 18.3 Å². The second-order valence-electron chi connectivity index (χ2n) is 7.06. The van der Waals surface area contributed by atoms with Gasteiger partial charge in [-0.3, -0.25) is 4.79 Å². The molecule has 158 valence electrons. The number of nitrogens with zero attached hydrogens (tertiary/aromatic N) is 3. The lowest BCUT2D eigenvalue weighted by Gasteiger charge is -2.34. The highest BCUT2D eigenvalue weighted by Gasteiger charge is 2.24. The number of benzene rings is 2. The Balaban J connectivity index is 1.46. The largest absolute Gasteiger partial charge is 0.487 e. The Morgan fingerprint density at radius 2 is 2.00 bits per heavy atom. The molecule has 0 spiro atoms. The van der Waals surface area contributed by atoms with E-state index in [-0.39, 0.29) is 17.8 Å². The SMILES string of the molecule is N#Cc1ccc(N2CCC(Oc3ccc(F)cc3F)CC2)c(NC(=O)c2ccsn2)c1. The van der Waals surface area contributed by atoms with Crippen LogP contribution in [0.1, 0.15) is 28.9 Å². The lowest BCUT2D eigenvalue weighted by atomic mass is 10.1. The fourth-order valence-electron chi connectivity index (χ4n) is 3.46. The van der Waals surface area contributed by atoms with E-state index in [2.05, 4.69) is 20.7 Å². The molecule has 31 heavy (non-hydrogen) atoms. The van der Waals surface area contributed by atoms with E-state index in [1.165, 1.54) is 23.7 Å². The number of nitriles is 1. The number of piperidine rings is 1. The minimum atomic E-state index is -0.721. The van der Waals surface area contributed by atoms with Crippen molar-refractivity contribution in [3.05, 3.63) is 70.7 Å². The average Bonchev–Trinajstić information content (AvgIpc) is 3.31. The molecule has 1 amide bonds. The Bertz CT molecular complexity index is 1120. The number of nitrogens with one attached hydrogen (secondary N) is 1. The molecule has 1 aliphatic rings. The zero-order chi connectivity index (χ0) is 21.8. The number of halogens is 2. The molecule has 4 rings (SSSR count). The molecule has 6 nitrogen and oxygen atoms in total. The summed E-state index contributed by atoms with van der Waals surface area (Å²) in [7, 11) is 0. The Morgan fingerprint density at radius 3 is 2.68 bits per heavy atom. The molecule has 2 heterocycles. The van der Waals surface area contributed by atoms with Crippen molar-refractivity contribution in [2.75, 3.05) is 23.3 Å². The molecule has 0 bridgehead atoms. The third-order valence-electron chi connectivity index (χ3n) is 5.01. The Labute approximate surface area is 181 Å². The van der Waals surface area contributed by atoms with Gasteiger partial charge in [-0.25, -0.2) is 8.78 Å². The number of amides is 1. The van der Waals surface area contributed by atoms with Crippen LogP contribution >= 0.6 is 11.5 Å². The lowest BCUT2D eigenvalue weighted by Crippen LogP contribution is -2.38. The summed E-state index contributed by atoms with van der Waals surface area (Å²) >= 11 is 1.19. The van der Waals surface area contributed by atoms with E-state index in [1.807, 2.05) is 0 Å². The van der Waals surface area contributed by atoms with Crippen LogP contribution in [0.4, 0.5) is 20.2 Å². The third kappa shape index (κ3) is 4.81. The minimum absolute atomic E-state index is 0.0365. The van der Waals surface area contributed by atoms with Gasteiger partial charge < -0.3 is 15.0 Å². The normalized spacial score (nSPS) is 14.2. The highest BCUT2D eigenvalue weighted by Crippen LogP contribution is 2.31. The number of rotatable bonds is 5. The maximum atomic E-state index is 13.9. The van der Waals surface area contributed by atoms with Crippen molar-refractivity contribution in [2.45, 2.75) is 18.9 Å². The lowest BCUT2D eigenvalue weighted by molar-refractivity contribution is 0.102. The van der Waals surface area contributed by atoms with E-state index in [9.17, 15) is 18.8 Å². The highest BCUT2D eigenvalue weighted by molar-refractivity contribution is 7.03. The van der Waals surface area contributed by atoms with Gasteiger partial charge in [0.1, 0.15) is 17.6 Å². The molecule has 0 atom stereocenters. The first-order chi connectivity index (χ1) is 15.0. The van der Waals surface area contributed by atoms with Crippen LogP contribution in [0.15, 0.2) is 47.8 Å². The quantitative estimate of drug-likeness (QED) is 0.628. The summed E-state index contributed by atoms with van der Waals surface area (Å²) in [4.78, 5) is 14.6. The summed E-state index contributed by atoms with van der Waals surface area (Å²) in [5, 5.41) is 13.8. The maximum absolute atomic E-state index is 13.9. The van der Waals surface area contributed by atoms with E-state index in [0.29, 0.717) is 42.9 Å². The van der Waals surface area contributed by atoms with Crippen molar-refractivity contribution in [2.24, 2.45) is 0 Å².